The molecule has 1 heterocycles. The third-order valence-corrected chi connectivity index (χ3v) is 4.13. The first-order valence-electron chi connectivity index (χ1n) is 8.22. The van der Waals surface area contributed by atoms with Gasteiger partial charge in [0.25, 0.3) is 0 Å². The minimum Gasteiger partial charge on any atom is -0.497 e. The smallest absolute Gasteiger partial charge is 0.308 e. The van der Waals surface area contributed by atoms with Crippen LogP contribution in [0.2, 0.25) is 0 Å². The van der Waals surface area contributed by atoms with Gasteiger partial charge in [-0.05, 0) is 25.1 Å². The molecule has 2 aromatic carbocycles. The van der Waals surface area contributed by atoms with Crippen molar-refractivity contribution in [1.82, 2.24) is 0 Å². The van der Waals surface area contributed by atoms with Gasteiger partial charge in [-0.25, -0.2) is 4.39 Å². The first-order chi connectivity index (χ1) is 12.4. The van der Waals surface area contributed by atoms with E-state index in [0.717, 1.165) is 11.3 Å². The molecule has 1 unspecified atom stereocenters. The monoisotopic (exact) mass is 353 g/mol. The van der Waals surface area contributed by atoms with Gasteiger partial charge in [-0.2, -0.15) is 0 Å². The van der Waals surface area contributed by atoms with E-state index in [2.05, 4.69) is 5.32 Å². The van der Waals surface area contributed by atoms with Crippen LogP contribution in [0.1, 0.15) is 25.0 Å². The van der Waals surface area contributed by atoms with Crippen molar-refractivity contribution in [3.63, 3.8) is 0 Å². The summed E-state index contributed by atoms with van der Waals surface area (Å²) in [7, 11) is 1.50. The molecule has 2 aromatic rings. The van der Waals surface area contributed by atoms with Crippen molar-refractivity contribution in [2.75, 3.05) is 12.4 Å². The Labute approximate surface area is 151 Å². The van der Waals surface area contributed by atoms with Crippen LogP contribution >= 0.6 is 0 Å². The van der Waals surface area contributed by atoms with E-state index in [4.69, 9.17) is 9.47 Å². The van der Waals surface area contributed by atoms with E-state index < -0.39 is 5.54 Å². The molecule has 26 heavy (non-hydrogen) atoms. The highest BCUT2D eigenvalue weighted by atomic mass is 19.1. The van der Waals surface area contributed by atoms with Gasteiger partial charge in [0.15, 0.2) is 5.75 Å². The highest BCUT2D eigenvalue weighted by Crippen LogP contribution is 2.37. The summed E-state index contributed by atoms with van der Waals surface area (Å²) in [6, 6.07) is 10.2. The van der Waals surface area contributed by atoms with Crippen LogP contribution in [0.15, 0.2) is 48.6 Å². The summed E-state index contributed by atoms with van der Waals surface area (Å²) in [5.41, 5.74) is 1.55. The number of methoxy groups -OCH3 is 1. The van der Waals surface area contributed by atoms with Gasteiger partial charge in [-0.3, -0.25) is 4.79 Å². The Morgan fingerprint density at radius 1 is 1.27 bits per heavy atom. The van der Waals surface area contributed by atoms with Crippen molar-refractivity contribution in [2.45, 2.75) is 19.4 Å². The molecule has 0 radical (unpaired) electrons. The van der Waals surface area contributed by atoms with Crippen LogP contribution in [0.5, 0.6) is 11.5 Å². The van der Waals surface area contributed by atoms with Crippen LogP contribution in [0, 0.1) is 5.82 Å². The highest BCUT2D eigenvalue weighted by Gasteiger charge is 2.24. The molecule has 3 rings (SSSR count). The number of anilines is 1. The Morgan fingerprint density at radius 2 is 2.08 bits per heavy atom. The lowest BCUT2D eigenvalue weighted by Crippen LogP contribution is -2.32. The summed E-state index contributed by atoms with van der Waals surface area (Å²) in [5.74, 6) is 0.202. The molecular formula is C21H20FNO3. The maximum absolute atomic E-state index is 14.1. The molecular weight excluding hydrogens is 333 g/mol. The van der Waals surface area contributed by atoms with E-state index >= 15 is 0 Å². The molecule has 0 spiro atoms. The zero-order valence-electron chi connectivity index (χ0n) is 14.9. The van der Waals surface area contributed by atoms with Gasteiger partial charge >= 0.3 is 5.97 Å². The summed E-state index contributed by atoms with van der Waals surface area (Å²) in [4.78, 5) is 11.3. The number of rotatable bonds is 4. The van der Waals surface area contributed by atoms with Crippen LogP contribution in [0.25, 0.3) is 12.2 Å². The molecule has 0 aliphatic carbocycles. The Hall–Kier alpha value is -3.08. The largest absolute Gasteiger partial charge is 0.497 e. The fraction of sp³-hybridized carbons (Fsp3) is 0.190. The number of para-hydroxylation sites is 1. The van der Waals surface area contributed by atoms with E-state index in [-0.39, 0.29) is 11.8 Å². The average Bonchev–Trinajstić information content (AvgIpc) is 2.61. The van der Waals surface area contributed by atoms with E-state index in [1.807, 2.05) is 37.3 Å². The number of carbonyl (C=O) groups excluding carboxylic acids is 1. The minimum atomic E-state index is -0.560. The molecule has 0 amide bonds. The van der Waals surface area contributed by atoms with E-state index in [1.54, 1.807) is 24.3 Å². The zero-order chi connectivity index (χ0) is 18.7. The van der Waals surface area contributed by atoms with E-state index in [9.17, 15) is 9.18 Å². The number of ether oxygens (including phenoxy) is 2. The molecule has 4 nitrogen and oxygen atoms in total. The van der Waals surface area contributed by atoms with Crippen molar-refractivity contribution < 1.29 is 18.7 Å². The molecule has 0 aromatic heterocycles. The predicted molar refractivity (Wildman–Crippen MR) is 101 cm³/mol. The van der Waals surface area contributed by atoms with Crippen molar-refractivity contribution >= 4 is 23.8 Å². The highest BCUT2D eigenvalue weighted by molar-refractivity contribution is 5.81. The van der Waals surface area contributed by atoms with Crippen molar-refractivity contribution in [1.29, 1.82) is 0 Å². The molecule has 1 aliphatic rings. The minimum absolute atomic E-state index is 0.356. The Kier molecular flexibility index (Phi) is 4.80. The summed E-state index contributed by atoms with van der Waals surface area (Å²) in [6.07, 6.45) is 7.51. The fourth-order valence-corrected chi connectivity index (χ4v) is 2.76. The number of hydrogen-bond donors (Lipinski definition) is 1. The molecule has 0 fully saturated rings. The van der Waals surface area contributed by atoms with Gasteiger partial charge in [0, 0.05) is 24.1 Å². The molecule has 0 bridgehead atoms. The summed E-state index contributed by atoms with van der Waals surface area (Å²) >= 11 is 0. The second kappa shape index (κ2) is 7.04. The second-order valence-corrected chi connectivity index (χ2v) is 6.28. The summed E-state index contributed by atoms with van der Waals surface area (Å²) in [5, 5.41) is 3.36. The standard InChI is InChI=1S/C21H20FNO3/c1-14(24)26-19-6-4-5-16-10-12-21(2,23-20(16)19)11-9-15-7-8-17(25-3)13-18(15)22/h4-13,23H,1-3H3/b11-9+. The normalized spacial score (nSPS) is 18.3. The van der Waals surface area contributed by atoms with Crippen LogP contribution in [0.3, 0.4) is 0 Å². The topological polar surface area (TPSA) is 47.6 Å². The zero-order valence-corrected chi connectivity index (χ0v) is 14.9. The second-order valence-electron chi connectivity index (χ2n) is 6.28. The molecule has 0 saturated carbocycles. The number of esters is 1. The van der Waals surface area contributed by atoms with Crippen molar-refractivity contribution in [3.8, 4) is 11.5 Å². The Morgan fingerprint density at radius 3 is 2.77 bits per heavy atom. The lowest BCUT2D eigenvalue weighted by molar-refractivity contribution is -0.131. The Bertz CT molecular complexity index is 904. The number of halogens is 1. The van der Waals surface area contributed by atoms with Crippen molar-refractivity contribution in [3.05, 3.63) is 65.5 Å². The van der Waals surface area contributed by atoms with Crippen LogP contribution < -0.4 is 14.8 Å². The summed E-state index contributed by atoms with van der Waals surface area (Å²) < 4.78 is 24.4. The maximum Gasteiger partial charge on any atom is 0.308 e. The first-order valence-corrected chi connectivity index (χ1v) is 8.22. The molecule has 1 N–H and O–H groups in total. The number of hydrogen-bond acceptors (Lipinski definition) is 4. The number of benzene rings is 2. The lowest BCUT2D eigenvalue weighted by atomic mass is 9.93. The predicted octanol–water partition coefficient (Wildman–Crippen LogP) is 4.67. The lowest BCUT2D eigenvalue weighted by Gasteiger charge is -2.31. The molecule has 134 valence electrons. The van der Waals surface area contributed by atoms with Gasteiger partial charge in [0.05, 0.1) is 18.3 Å². The van der Waals surface area contributed by atoms with Gasteiger partial charge in [0.2, 0.25) is 0 Å². The fourth-order valence-electron chi connectivity index (χ4n) is 2.76. The first kappa shape index (κ1) is 17.7. The molecule has 1 atom stereocenters. The quantitative estimate of drug-likeness (QED) is 0.641. The van der Waals surface area contributed by atoms with Crippen LogP contribution in [-0.4, -0.2) is 18.6 Å². The number of fused-ring (bicyclic) bond motifs is 1. The molecule has 1 aliphatic heterocycles. The van der Waals surface area contributed by atoms with Gasteiger partial charge in [-0.15, -0.1) is 0 Å². The third-order valence-electron chi connectivity index (χ3n) is 4.13. The van der Waals surface area contributed by atoms with Crippen LogP contribution in [0.4, 0.5) is 10.1 Å². The third kappa shape index (κ3) is 3.77. The van der Waals surface area contributed by atoms with E-state index in [1.165, 1.54) is 20.1 Å². The number of nitrogens with one attached hydrogen (secondary N) is 1. The SMILES string of the molecule is COc1ccc(/C=C/C2(C)C=Cc3cccc(OC(C)=O)c3N2)c(F)c1. The molecule has 0 saturated heterocycles. The van der Waals surface area contributed by atoms with Crippen molar-refractivity contribution in [2.24, 2.45) is 0 Å². The van der Waals surface area contributed by atoms with E-state index in [0.29, 0.717) is 17.1 Å². The maximum atomic E-state index is 14.1. The summed E-state index contributed by atoms with van der Waals surface area (Å²) in [6.45, 7) is 3.32. The molecule has 5 heteroatoms. The van der Waals surface area contributed by atoms with Gasteiger partial charge in [0.1, 0.15) is 11.6 Å². The number of carbonyl (C=O) groups is 1. The Balaban J connectivity index is 1.88. The van der Waals surface area contributed by atoms with Gasteiger partial charge in [-0.1, -0.05) is 36.4 Å². The van der Waals surface area contributed by atoms with Gasteiger partial charge < -0.3 is 14.8 Å². The average molecular weight is 353 g/mol. The van der Waals surface area contributed by atoms with Crippen LogP contribution in [-0.2, 0) is 4.79 Å².